The fourth-order valence-electron chi connectivity index (χ4n) is 6.70. The van der Waals surface area contributed by atoms with Crippen molar-refractivity contribution in [2.75, 3.05) is 48.4 Å². The van der Waals surface area contributed by atoms with Crippen LogP contribution >= 0.6 is 0 Å². The number of nitrogens with one attached hydrogen (secondary N) is 1. The number of anilines is 3. The van der Waals surface area contributed by atoms with Gasteiger partial charge in [0.25, 0.3) is 5.91 Å². The van der Waals surface area contributed by atoms with Crippen LogP contribution in [0.3, 0.4) is 0 Å². The van der Waals surface area contributed by atoms with Crippen molar-refractivity contribution in [2.45, 2.75) is 44.6 Å². The zero-order chi connectivity index (χ0) is 29.5. The summed E-state index contributed by atoms with van der Waals surface area (Å²) in [5.74, 6) is -0.471. The van der Waals surface area contributed by atoms with Crippen molar-refractivity contribution in [3.63, 3.8) is 0 Å². The van der Waals surface area contributed by atoms with Crippen LogP contribution in [0.15, 0.2) is 66.7 Å². The van der Waals surface area contributed by atoms with Crippen molar-refractivity contribution in [2.24, 2.45) is 0 Å². The highest BCUT2D eigenvalue weighted by molar-refractivity contribution is 6.38. The van der Waals surface area contributed by atoms with Gasteiger partial charge in [-0.05, 0) is 86.7 Å². The maximum atomic E-state index is 13.7. The van der Waals surface area contributed by atoms with Gasteiger partial charge in [0.2, 0.25) is 5.91 Å². The first kappa shape index (κ1) is 27.4. The number of amides is 2. The largest absolute Gasteiger partial charge is 0.465 e. The minimum absolute atomic E-state index is 0.171. The summed E-state index contributed by atoms with van der Waals surface area (Å²) in [5.41, 5.74) is 7.31. The molecule has 0 unspecified atom stereocenters. The summed E-state index contributed by atoms with van der Waals surface area (Å²) in [6, 6.07) is 21.9. The molecule has 0 spiro atoms. The molecule has 0 bridgehead atoms. The molecule has 2 fully saturated rings. The highest BCUT2D eigenvalue weighted by Crippen LogP contribution is 2.46. The molecule has 1 N–H and O–H groups in total. The van der Waals surface area contributed by atoms with E-state index in [2.05, 4.69) is 33.3 Å². The second kappa shape index (κ2) is 11.3. The van der Waals surface area contributed by atoms with Crippen LogP contribution in [0.25, 0.3) is 11.3 Å². The lowest BCUT2D eigenvalue weighted by Crippen LogP contribution is -2.41. The summed E-state index contributed by atoms with van der Waals surface area (Å²) >= 11 is 0. The minimum Gasteiger partial charge on any atom is -0.465 e. The van der Waals surface area contributed by atoms with Gasteiger partial charge < -0.3 is 19.9 Å². The normalized spacial score (nSPS) is 19.0. The molecule has 0 atom stereocenters. The molecule has 220 valence electrons. The zero-order valence-corrected chi connectivity index (χ0v) is 24.5. The molecule has 3 heterocycles. The summed E-state index contributed by atoms with van der Waals surface area (Å²) in [5, 5.41) is 3.00. The van der Waals surface area contributed by atoms with Crippen LogP contribution in [0.5, 0.6) is 0 Å². The number of ether oxygens (including phenoxy) is 1. The highest BCUT2D eigenvalue weighted by atomic mass is 16.5. The summed E-state index contributed by atoms with van der Waals surface area (Å²) in [6.45, 7) is 3.17. The molecular weight excluding hydrogens is 540 g/mol. The third-order valence-electron chi connectivity index (χ3n) is 8.97. The number of hydrogen-bond donors (Lipinski definition) is 1. The number of fused-ring (bicyclic) bond motifs is 2. The van der Waals surface area contributed by atoms with E-state index in [9.17, 15) is 14.4 Å². The molecule has 1 saturated carbocycles. The molecule has 8 nitrogen and oxygen atoms in total. The molecule has 8 heteroatoms. The average molecular weight is 577 g/mol. The molecule has 1 saturated heterocycles. The van der Waals surface area contributed by atoms with Gasteiger partial charge in [-0.1, -0.05) is 42.8 Å². The molecule has 0 aromatic heterocycles. The Morgan fingerprint density at radius 1 is 0.930 bits per heavy atom. The fourth-order valence-corrected chi connectivity index (χ4v) is 6.70. The lowest BCUT2D eigenvalue weighted by molar-refractivity contribution is -0.119. The Labute approximate surface area is 251 Å². The number of benzene rings is 3. The summed E-state index contributed by atoms with van der Waals surface area (Å²) < 4.78 is 4.90. The number of hydrogen-bond acceptors (Lipinski definition) is 6. The first-order valence-corrected chi connectivity index (χ1v) is 15.3. The monoisotopic (exact) mass is 576 g/mol. The van der Waals surface area contributed by atoms with Crippen molar-refractivity contribution in [3.05, 3.63) is 89.0 Å². The zero-order valence-electron chi connectivity index (χ0n) is 24.5. The number of esters is 1. The smallest absolute Gasteiger partial charge is 0.337 e. The van der Waals surface area contributed by atoms with Gasteiger partial charge in [0, 0.05) is 29.5 Å². The number of nitrogens with zero attached hydrogens (tertiary/aromatic N) is 3. The summed E-state index contributed by atoms with van der Waals surface area (Å²) in [7, 11) is 1.35. The van der Waals surface area contributed by atoms with Gasteiger partial charge in [-0.25, -0.2) is 4.79 Å². The molecule has 1 aliphatic carbocycles. The molecule has 4 aliphatic rings. The Balaban J connectivity index is 1.28. The second-order valence-corrected chi connectivity index (χ2v) is 11.8. The van der Waals surface area contributed by atoms with E-state index in [0.29, 0.717) is 29.9 Å². The van der Waals surface area contributed by atoms with Crippen molar-refractivity contribution >= 4 is 46.1 Å². The van der Waals surface area contributed by atoms with Crippen LogP contribution in [0, 0.1) is 0 Å². The molecule has 3 aromatic rings. The summed E-state index contributed by atoms with van der Waals surface area (Å²) in [6.07, 6.45) is 6.44. The Bertz CT molecular complexity index is 1620. The second-order valence-electron chi connectivity index (χ2n) is 11.8. The molecule has 7 rings (SSSR count). The molecule has 0 radical (unpaired) electrons. The molecule has 3 aromatic carbocycles. The van der Waals surface area contributed by atoms with E-state index in [0.717, 1.165) is 66.1 Å². The predicted octanol–water partition coefficient (Wildman–Crippen LogP) is 5.34. The molecule has 3 aliphatic heterocycles. The van der Waals surface area contributed by atoms with Gasteiger partial charge in [-0.2, -0.15) is 0 Å². The van der Waals surface area contributed by atoms with Gasteiger partial charge in [0.05, 0.1) is 36.2 Å². The number of carbonyl (C=O) groups is 3. The van der Waals surface area contributed by atoms with E-state index in [1.807, 2.05) is 41.3 Å². The van der Waals surface area contributed by atoms with Crippen molar-refractivity contribution in [1.29, 1.82) is 0 Å². The van der Waals surface area contributed by atoms with Crippen LogP contribution in [-0.4, -0.2) is 62.0 Å². The van der Waals surface area contributed by atoms with Gasteiger partial charge in [0.1, 0.15) is 0 Å². The number of likely N-dealkylation sites (tertiary alicyclic amines) is 1. The average Bonchev–Trinajstić information content (AvgIpc) is 3.70. The van der Waals surface area contributed by atoms with Crippen LogP contribution in [0.1, 0.15) is 59.2 Å². The number of carbonyl (C=O) groups excluding carboxylic acids is 3. The van der Waals surface area contributed by atoms with Crippen molar-refractivity contribution < 1.29 is 19.1 Å². The number of piperidine rings is 1. The maximum Gasteiger partial charge on any atom is 0.337 e. The van der Waals surface area contributed by atoms with Crippen molar-refractivity contribution in [1.82, 2.24) is 4.90 Å². The summed E-state index contributed by atoms with van der Waals surface area (Å²) in [4.78, 5) is 45.7. The lowest BCUT2D eigenvalue weighted by Gasteiger charge is -2.30. The predicted molar refractivity (Wildman–Crippen MR) is 168 cm³/mol. The topological polar surface area (TPSA) is 82.2 Å². The van der Waals surface area contributed by atoms with Crippen LogP contribution < -0.4 is 15.1 Å². The van der Waals surface area contributed by atoms with Crippen LogP contribution in [0.4, 0.5) is 17.1 Å². The Kier molecular flexibility index (Phi) is 7.23. The SMILES string of the molecule is COC(=O)c1ccc2c(c1)NC(=O)/C2=C(/c1ccccc1)N(c1ccc2c(c1)CCN2C(=O)CN1CCCCC1)C1CC1. The minimum atomic E-state index is -0.445. The van der Waals surface area contributed by atoms with E-state index in [1.54, 1.807) is 12.1 Å². The maximum absolute atomic E-state index is 13.7. The third kappa shape index (κ3) is 5.20. The van der Waals surface area contributed by atoms with Gasteiger partial charge in [-0.3, -0.25) is 14.5 Å². The Morgan fingerprint density at radius 3 is 2.47 bits per heavy atom. The Morgan fingerprint density at radius 2 is 1.72 bits per heavy atom. The van der Waals surface area contributed by atoms with E-state index >= 15 is 0 Å². The van der Waals surface area contributed by atoms with Crippen LogP contribution in [0.2, 0.25) is 0 Å². The van der Waals surface area contributed by atoms with Crippen LogP contribution in [-0.2, 0) is 20.7 Å². The third-order valence-corrected chi connectivity index (χ3v) is 8.97. The quantitative estimate of drug-likeness (QED) is 0.302. The lowest BCUT2D eigenvalue weighted by atomic mass is 9.97. The fraction of sp³-hybridized carbons (Fsp3) is 0.343. The Hall–Kier alpha value is -4.43. The van der Waals surface area contributed by atoms with Crippen molar-refractivity contribution in [3.8, 4) is 0 Å². The molecule has 2 amide bonds. The first-order chi connectivity index (χ1) is 21.0. The van der Waals surface area contributed by atoms with Gasteiger partial charge in [0.15, 0.2) is 0 Å². The molecular formula is C35H36N4O4. The van der Waals surface area contributed by atoms with Gasteiger partial charge >= 0.3 is 5.97 Å². The van der Waals surface area contributed by atoms with E-state index in [4.69, 9.17) is 4.74 Å². The van der Waals surface area contributed by atoms with E-state index < -0.39 is 5.97 Å². The van der Waals surface area contributed by atoms with E-state index in [1.165, 1.54) is 26.4 Å². The first-order valence-electron chi connectivity index (χ1n) is 15.3. The number of rotatable bonds is 7. The molecule has 43 heavy (non-hydrogen) atoms. The van der Waals surface area contributed by atoms with Gasteiger partial charge in [-0.15, -0.1) is 0 Å². The highest BCUT2D eigenvalue weighted by Gasteiger charge is 2.38. The standard InChI is InChI=1S/C35H36N4O4/c1-43-35(42)25-10-14-28-29(21-25)36-34(41)32(28)33(23-8-4-2-5-9-23)39(26-11-12-26)27-13-15-30-24(20-27)16-19-38(30)31(40)22-37-17-6-3-7-18-37/h2,4-5,8-10,13-15,20-21,26H,3,6-7,11-12,16-19,22H2,1H3,(H,36,41)/b33-32-. The van der Waals surface area contributed by atoms with E-state index in [-0.39, 0.29) is 17.9 Å². The number of methoxy groups -OCH3 is 1.